The van der Waals surface area contributed by atoms with E-state index in [1.165, 1.54) is 24.3 Å². The number of thiocarbonyl (C=S) groups is 1. The van der Waals surface area contributed by atoms with Crippen molar-refractivity contribution < 1.29 is 14.5 Å². The van der Waals surface area contributed by atoms with Gasteiger partial charge < -0.3 is 15.4 Å². The molecule has 2 rings (SSSR count). The maximum Gasteiger partial charge on any atom is 0.361 e. The van der Waals surface area contributed by atoms with E-state index in [4.69, 9.17) is 17.0 Å². The van der Waals surface area contributed by atoms with Crippen molar-refractivity contribution in [3.05, 3.63) is 46.3 Å². The Morgan fingerprint density at radius 1 is 1.35 bits per heavy atom. The second kappa shape index (κ2) is 8.39. The molecular formula is C16H19N5O4S. The van der Waals surface area contributed by atoms with Crippen molar-refractivity contribution in [3.63, 3.8) is 0 Å². The van der Waals surface area contributed by atoms with Gasteiger partial charge in [0.05, 0.1) is 16.7 Å². The normalized spacial score (nSPS) is 10.5. The fourth-order valence-electron chi connectivity index (χ4n) is 2.05. The van der Waals surface area contributed by atoms with Crippen molar-refractivity contribution in [2.75, 3.05) is 10.6 Å². The Labute approximate surface area is 155 Å². The minimum Gasteiger partial charge on any atom is -0.458 e. The second-order valence-corrected chi connectivity index (χ2v) is 5.99. The topological polar surface area (TPSA) is 111 Å². The number of aryl methyl sites for hydroxylation is 1. The fourth-order valence-corrected chi connectivity index (χ4v) is 2.27. The largest absolute Gasteiger partial charge is 0.458 e. The highest BCUT2D eigenvalue weighted by Crippen LogP contribution is 2.18. The van der Waals surface area contributed by atoms with E-state index in [-0.39, 0.29) is 22.6 Å². The van der Waals surface area contributed by atoms with Crippen molar-refractivity contribution in [1.82, 2.24) is 9.78 Å². The molecule has 9 nitrogen and oxygen atoms in total. The first-order valence-corrected chi connectivity index (χ1v) is 8.31. The third-order valence-electron chi connectivity index (χ3n) is 3.21. The summed E-state index contributed by atoms with van der Waals surface area (Å²) >= 11 is 5.24. The van der Waals surface area contributed by atoms with Crippen LogP contribution in [0.5, 0.6) is 0 Å². The second-order valence-electron chi connectivity index (χ2n) is 5.58. The predicted molar refractivity (Wildman–Crippen MR) is 101 cm³/mol. The van der Waals surface area contributed by atoms with Crippen LogP contribution >= 0.6 is 12.2 Å². The highest BCUT2D eigenvalue weighted by Gasteiger charge is 2.20. The number of rotatable bonds is 6. The molecule has 1 heterocycles. The number of non-ortho nitro benzene ring substituents is 1. The molecule has 0 unspecified atom stereocenters. The first-order chi connectivity index (χ1) is 12.3. The van der Waals surface area contributed by atoms with Gasteiger partial charge in [0.15, 0.2) is 10.8 Å². The first-order valence-electron chi connectivity index (χ1n) is 7.91. The van der Waals surface area contributed by atoms with Crippen molar-refractivity contribution in [2.45, 2.75) is 33.4 Å². The van der Waals surface area contributed by atoms with E-state index in [9.17, 15) is 14.9 Å². The number of nitro groups is 1. The number of carbonyl (C=O) groups is 1. The van der Waals surface area contributed by atoms with Crippen LogP contribution in [0, 0.1) is 10.1 Å². The number of anilines is 2. The van der Waals surface area contributed by atoms with Crippen LogP contribution in [0.3, 0.4) is 0 Å². The standard InChI is InChI=1S/C16H19N5O4S/c1-4-20-9-13(14(19-20)15(22)25-10(2)3)18-16(26)17-11-5-7-12(8-6-11)21(23)24/h5-10H,4H2,1-3H3,(H2,17,18,26). The van der Waals surface area contributed by atoms with E-state index in [1.807, 2.05) is 6.92 Å². The van der Waals surface area contributed by atoms with Crippen LogP contribution in [0.15, 0.2) is 30.5 Å². The Hall–Kier alpha value is -3.01. The molecule has 10 heteroatoms. The number of carbonyl (C=O) groups excluding carboxylic acids is 1. The zero-order chi connectivity index (χ0) is 19.3. The van der Waals surface area contributed by atoms with E-state index in [0.717, 1.165) is 0 Å². The van der Waals surface area contributed by atoms with Crippen molar-refractivity contribution in [1.29, 1.82) is 0 Å². The van der Waals surface area contributed by atoms with Crippen LogP contribution in [0.1, 0.15) is 31.3 Å². The van der Waals surface area contributed by atoms with Crippen LogP contribution in [0.4, 0.5) is 17.1 Å². The summed E-state index contributed by atoms with van der Waals surface area (Å²) in [6.45, 7) is 5.97. The van der Waals surface area contributed by atoms with Gasteiger partial charge in [-0.3, -0.25) is 14.8 Å². The minimum atomic E-state index is -0.548. The van der Waals surface area contributed by atoms with Crippen molar-refractivity contribution >= 4 is 40.4 Å². The maximum absolute atomic E-state index is 12.2. The van der Waals surface area contributed by atoms with Gasteiger partial charge in [0.25, 0.3) is 5.69 Å². The highest BCUT2D eigenvalue weighted by molar-refractivity contribution is 7.80. The molecule has 2 N–H and O–H groups in total. The molecule has 0 aliphatic heterocycles. The predicted octanol–water partition coefficient (Wildman–Crippen LogP) is 3.19. The fraction of sp³-hybridized carbons (Fsp3) is 0.312. The summed E-state index contributed by atoms with van der Waals surface area (Å²) in [4.78, 5) is 22.4. The molecule has 138 valence electrons. The Balaban J connectivity index is 2.11. The minimum absolute atomic E-state index is 0.0163. The lowest BCUT2D eigenvalue weighted by Gasteiger charge is -2.11. The van der Waals surface area contributed by atoms with E-state index in [1.54, 1.807) is 24.7 Å². The molecule has 0 atom stereocenters. The lowest BCUT2D eigenvalue weighted by atomic mass is 10.3. The Morgan fingerprint density at radius 2 is 2.00 bits per heavy atom. The van der Waals surface area contributed by atoms with Gasteiger partial charge in [-0.1, -0.05) is 0 Å². The monoisotopic (exact) mass is 377 g/mol. The summed E-state index contributed by atoms with van der Waals surface area (Å²) in [6, 6.07) is 5.81. The van der Waals surface area contributed by atoms with Crippen molar-refractivity contribution in [2.24, 2.45) is 0 Å². The number of nitrogens with one attached hydrogen (secondary N) is 2. The molecule has 0 aliphatic rings. The van der Waals surface area contributed by atoms with Crippen LogP contribution in [-0.2, 0) is 11.3 Å². The third-order valence-corrected chi connectivity index (χ3v) is 3.41. The molecule has 2 aromatic rings. The smallest absolute Gasteiger partial charge is 0.361 e. The van der Waals surface area contributed by atoms with Gasteiger partial charge in [0.2, 0.25) is 0 Å². The van der Waals surface area contributed by atoms with E-state index >= 15 is 0 Å². The zero-order valence-corrected chi connectivity index (χ0v) is 15.4. The summed E-state index contributed by atoms with van der Waals surface area (Å²) in [5, 5.41) is 20.9. The number of hydrogen-bond donors (Lipinski definition) is 2. The van der Waals surface area contributed by atoms with Crippen LogP contribution in [0.25, 0.3) is 0 Å². The Morgan fingerprint density at radius 3 is 2.54 bits per heavy atom. The molecular weight excluding hydrogens is 358 g/mol. The summed E-state index contributed by atoms with van der Waals surface area (Å²) in [7, 11) is 0. The first kappa shape index (κ1) is 19.3. The SMILES string of the molecule is CCn1cc(NC(=S)Nc2ccc([N+](=O)[O-])cc2)c(C(=O)OC(C)C)n1. The summed E-state index contributed by atoms with van der Waals surface area (Å²) in [5.74, 6) is -0.548. The van der Waals surface area contributed by atoms with E-state index < -0.39 is 10.9 Å². The van der Waals surface area contributed by atoms with Gasteiger partial charge in [-0.15, -0.1) is 0 Å². The maximum atomic E-state index is 12.2. The molecule has 1 aromatic heterocycles. The number of aromatic nitrogens is 2. The van der Waals surface area contributed by atoms with Gasteiger partial charge in [0.1, 0.15) is 0 Å². The molecule has 0 saturated heterocycles. The third kappa shape index (κ3) is 4.99. The Bertz CT molecular complexity index is 817. The zero-order valence-electron chi connectivity index (χ0n) is 14.6. The van der Waals surface area contributed by atoms with Gasteiger partial charge in [0, 0.05) is 30.6 Å². The molecule has 0 amide bonds. The van der Waals surface area contributed by atoms with Gasteiger partial charge in [-0.05, 0) is 45.1 Å². The average Bonchev–Trinajstić information content (AvgIpc) is 2.97. The van der Waals surface area contributed by atoms with Crippen LogP contribution in [0.2, 0.25) is 0 Å². The van der Waals surface area contributed by atoms with Gasteiger partial charge in [-0.25, -0.2) is 4.79 Å². The van der Waals surface area contributed by atoms with Crippen LogP contribution < -0.4 is 10.6 Å². The van der Waals surface area contributed by atoms with Gasteiger partial charge >= 0.3 is 5.97 Å². The lowest BCUT2D eigenvalue weighted by molar-refractivity contribution is -0.384. The quantitative estimate of drug-likeness (QED) is 0.342. The molecule has 0 bridgehead atoms. The summed E-state index contributed by atoms with van der Waals surface area (Å²) < 4.78 is 6.78. The number of nitro benzene ring substituents is 1. The molecule has 0 fully saturated rings. The Kier molecular flexibility index (Phi) is 6.23. The van der Waals surface area contributed by atoms with Gasteiger partial charge in [-0.2, -0.15) is 5.10 Å². The lowest BCUT2D eigenvalue weighted by Crippen LogP contribution is -2.21. The summed E-state index contributed by atoms with van der Waals surface area (Å²) in [6.07, 6.45) is 1.38. The number of hydrogen-bond acceptors (Lipinski definition) is 6. The number of benzene rings is 1. The molecule has 0 spiro atoms. The van der Waals surface area contributed by atoms with Crippen LogP contribution in [-0.4, -0.2) is 31.9 Å². The highest BCUT2D eigenvalue weighted by atomic mass is 32.1. The molecule has 1 aromatic carbocycles. The molecule has 0 saturated carbocycles. The number of nitrogens with zero attached hydrogens (tertiary/aromatic N) is 3. The van der Waals surface area contributed by atoms with E-state index in [0.29, 0.717) is 17.9 Å². The molecule has 0 aliphatic carbocycles. The molecule has 26 heavy (non-hydrogen) atoms. The van der Waals surface area contributed by atoms with E-state index in [2.05, 4.69) is 15.7 Å². The number of ether oxygens (including phenoxy) is 1. The summed E-state index contributed by atoms with van der Waals surface area (Å²) in [5.41, 5.74) is 1.10. The number of esters is 1. The van der Waals surface area contributed by atoms with Crippen molar-refractivity contribution in [3.8, 4) is 0 Å². The average molecular weight is 377 g/mol. The molecule has 0 radical (unpaired) electrons.